The molecule has 0 aliphatic heterocycles. The first-order valence-electron chi connectivity index (χ1n) is 8.77. The number of esters is 1. The highest BCUT2D eigenvalue weighted by molar-refractivity contribution is 9.10. The van der Waals surface area contributed by atoms with Gasteiger partial charge in [0.25, 0.3) is 0 Å². The standard InChI is InChI=1S/C21H19BrF3NO4/c1-3-4-10-26(20(28)21(23,24)25)18-16(22)11-15(19(27)29-2)12-17(18)30-13-14-8-6-5-7-9-14/h3-9,11-12H,10,13H2,1-2H3/b4-3-. The number of carbonyl (C=O) groups is 2. The van der Waals surface area contributed by atoms with Crippen LogP contribution in [0.25, 0.3) is 0 Å². The zero-order valence-corrected chi connectivity index (χ0v) is 17.8. The number of hydrogen-bond donors (Lipinski definition) is 0. The smallest absolute Gasteiger partial charge is 0.471 e. The van der Waals surface area contributed by atoms with E-state index in [1.54, 1.807) is 31.2 Å². The summed E-state index contributed by atoms with van der Waals surface area (Å²) in [5.41, 5.74) is 0.672. The fourth-order valence-electron chi connectivity index (χ4n) is 2.56. The summed E-state index contributed by atoms with van der Waals surface area (Å²) in [6.07, 6.45) is -2.16. The first-order chi connectivity index (χ1) is 14.2. The third-order valence-electron chi connectivity index (χ3n) is 3.97. The zero-order valence-electron chi connectivity index (χ0n) is 16.2. The highest BCUT2D eigenvalue weighted by atomic mass is 79.9. The lowest BCUT2D eigenvalue weighted by molar-refractivity contribution is -0.170. The Morgan fingerprint density at radius 3 is 2.40 bits per heavy atom. The molecule has 9 heteroatoms. The van der Waals surface area contributed by atoms with E-state index >= 15 is 0 Å². The number of carbonyl (C=O) groups excluding carboxylic acids is 2. The van der Waals surface area contributed by atoms with Crippen LogP contribution in [0.15, 0.2) is 59.1 Å². The van der Waals surface area contributed by atoms with Gasteiger partial charge in [-0.2, -0.15) is 13.2 Å². The molecular weight excluding hydrogens is 467 g/mol. The molecule has 0 unspecified atom stereocenters. The molecule has 1 amide bonds. The quantitative estimate of drug-likeness (QED) is 0.395. The maximum Gasteiger partial charge on any atom is 0.471 e. The Morgan fingerprint density at radius 2 is 1.83 bits per heavy atom. The van der Waals surface area contributed by atoms with Gasteiger partial charge in [-0.3, -0.25) is 9.69 Å². The number of benzene rings is 2. The molecule has 0 aliphatic carbocycles. The molecule has 0 aromatic heterocycles. The molecule has 0 N–H and O–H groups in total. The summed E-state index contributed by atoms with van der Waals surface area (Å²) in [7, 11) is 1.18. The molecule has 160 valence electrons. The van der Waals surface area contributed by atoms with Crippen LogP contribution in [0.3, 0.4) is 0 Å². The molecule has 0 spiro atoms. The van der Waals surface area contributed by atoms with Crippen LogP contribution in [0.1, 0.15) is 22.8 Å². The molecule has 5 nitrogen and oxygen atoms in total. The highest BCUT2D eigenvalue weighted by Gasteiger charge is 2.44. The Balaban J connectivity index is 2.58. The lowest BCUT2D eigenvalue weighted by atomic mass is 10.1. The normalized spacial score (nSPS) is 11.4. The summed E-state index contributed by atoms with van der Waals surface area (Å²) < 4.78 is 50.2. The summed E-state index contributed by atoms with van der Waals surface area (Å²) in [6, 6.07) is 11.5. The van der Waals surface area contributed by atoms with Gasteiger partial charge in [0.2, 0.25) is 0 Å². The zero-order chi connectivity index (χ0) is 22.3. The van der Waals surface area contributed by atoms with Crippen molar-refractivity contribution in [2.75, 3.05) is 18.6 Å². The number of ether oxygens (including phenoxy) is 2. The monoisotopic (exact) mass is 485 g/mol. The molecule has 0 atom stereocenters. The largest absolute Gasteiger partial charge is 0.487 e. The fraction of sp³-hybridized carbons (Fsp3) is 0.238. The molecule has 0 radical (unpaired) electrons. The molecule has 0 bridgehead atoms. The van der Waals surface area contributed by atoms with Crippen molar-refractivity contribution < 1.29 is 32.2 Å². The van der Waals surface area contributed by atoms with Crippen molar-refractivity contribution in [3.8, 4) is 5.75 Å². The number of alkyl halides is 3. The van der Waals surface area contributed by atoms with Gasteiger partial charge in [0, 0.05) is 11.0 Å². The minimum absolute atomic E-state index is 0.0164. The molecule has 0 aliphatic rings. The molecule has 0 fully saturated rings. The first kappa shape index (κ1) is 23.5. The SMILES string of the molecule is C/C=C\CN(C(=O)C(F)(F)F)c1c(Br)cc(C(=O)OC)cc1OCc1ccccc1. The highest BCUT2D eigenvalue weighted by Crippen LogP contribution is 2.40. The molecule has 2 rings (SSSR count). The minimum Gasteiger partial charge on any atom is -0.487 e. The Hall–Kier alpha value is -2.81. The molecule has 2 aromatic carbocycles. The Bertz CT molecular complexity index is 930. The maximum absolute atomic E-state index is 13.2. The number of nitrogens with zero attached hydrogens (tertiary/aromatic N) is 1. The van der Waals surface area contributed by atoms with Crippen LogP contribution >= 0.6 is 15.9 Å². The average Bonchev–Trinajstić information content (AvgIpc) is 2.72. The van der Waals surface area contributed by atoms with E-state index in [0.717, 1.165) is 5.56 Å². The topological polar surface area (TPSA) is 55.8 Å². The average molecular weight is 486 g/mol. The fourth-order valence-corrected chi connectivity index (χ4v) is 3.21. The van der Waals surface area contributed by atoms with Gasteiger partial charge in [-0.25, -0.2) is 4.79 Å². The van der Waals surface area contributed by atoms with E-state index in [4.69, 9.17) is 4.74 Å². The van der Waals surface area contributed by atoms with Gasteiger partial charge in [0.15, 0.2) is 0 Å². The van der Waals surface area contributed by atoms with Crippen molar-refractivity contribution in [3.05, 3.63) is 70.2 Å². The number of amides is 1. The molecular formula is C21H19BrF3NO4. The summed E-state index contributed by atoms with van der Waals surface area (Å²) in [5, 5.41) is 0. The second-order valence-electron chi connectivity index (χ2n) is 6.05. The molecule has 30 heavy (non-hydrogen) atoms. The van der Waals surface area contributed by atoms with Crippen LogP contribution in [0.5, 0.6) is 5.75 Å². The molecule has 0 saturated heterocycles. The van der Waals surface area contributed by atoms with Crippen LogP contribution in [0.2, 0.25) is 0 Å². The summed E-state index contributed by atoms with van der Waals surface area (Å²) in [5.74, 6) is -2.83. The van der Waals surface area contributed by atoms with Crippen molar-refractivity contribution in [2.24, 2.45) is 0 Å². The summed E-state index contributed by atoms with van der Waals surface area (Å²) in [6.45, 7) is 1.30. The molecule has 2 aromatic rings. The third-order valence-corrected chi connectivity index (χ3v) is 4.57. The summed E-state index contributed by atoms with van der Waals surface area (Å²) in [4.78, 5) is 24.6. The second kappa shape index (κ2) is 10.3. The number of hydrogen-bond acceptors (Lipinski definition) is 4. The maximum atomic E-state index is 13.2. The number of halogens is 4. The number of anilines is 1. The Kier molecular flexibility index (Phi) is 8.05. The molecule has 0 heterocycles. The van der Waals surface area contributed by atoms with E-state index in [1.807, 2.05) is 6.07 Å². The lowest BCUT2D eigenvalue weighted by Crippen LogP contribution is -2.41. The predicted octanol–water partition coefficient (Wildman–Crippen LogP) is 5.29. The Labute approximate surface area is 180 Å². The van der Waals surface area contributed by atoms with Crippen molar-refractivity contribution in [2.45, 2.75) is 19.7 Å². The van der Waals surface area contributed by atoms with Crippen LogP contribution in [0.4, 0.5) is 18.9 Å². The number of allylic oxidation sites excluding steroid dienone is 1. The van der Waals surface area contributed by atoms with Gasteiger partial charge in [-0.05, 0) is 40.5 Å². The van der Waals surface area contributed by atoms with Crippen molar-refractivity contribution in [1.82, 2.24) is 0 Å². The number of methoxy groups -OCH3 is 1. The number of rotatable bonds is 7. The lowest BCUT2D eigenvalue weighted by Gasteiger charge is -2.26. The molecule has 0 saturated carbocycles. The van der Waals surface area contributed by atoms with Gasteiger partial charge in [-0.1, -0.05) is 42.5 Å². The predicted molar refractivity (Wildman–Crippen MR) is 109 cm³/mol. The van der Waals surface area contributed by atoms with Gasteiger partial charge < -0.3 is 9.47 Å². The summed E-state index contributed by atoms with van der Waals surface area (Å²) >= 11 is 3.18. The van der Waals surface area contributed by atoms with Gasteiger partial charge in [0.1, 0.15) is 18.0 Å². The van der Waals surface area contributed by atoms with Crippen LogP contribution < -0.4 is 9.64 Å². The van der Waals surface area contributed by atoms with E-state index in [0.29, 0.717) is 4.90 Å². The van der Waals surface area contributed by atoms with Crippen molar-refractivity contribution in [3.63, 3.8) is 0 Å². The van der Waals surface area contributed by atoms with Crippen LogP contribution in [-0.2, 0) is 16.1 Å². The van der Waals surface area contributed by atoms with Gasteiger partial charge in [-0.15, -0.1) is 0 Å². The van der Waals surface area contributed by atoms with E-state index < -0.39 is 18.1 Å². The van der Waals surface area contributed by atoms with Gasteiger partial charge >= 0.3 is 18.1 Å². The second-order valence-corrected chi connectivity index (χ2v) is 6.91. The van der Waals surface area contributed by atoms with Crippen LogP contribution in [-0.4, -0.2) is 31.7 Å². The van der Waals surface area contributed by atoms with E-state index in [1.165, 1.54) is 31.4 Å². The van der Waals surface area contributed by atoms with E-state index in [9.17, 15) is 22.8 Å². The third kappa shape index (κ3) is 5.85. The van der Waals surface area contributed by atoms with E-state index in [2.05, 4.69) is 20.7 Å². The minimum atomic E-state index is -5.10. The van der Waals surface area contributed by atoms with E-state index in [-0.39, 0.29) is 34.6 Å². The van der Waals surface area contributed by atoms with Gasteiger partial charge in [0.05, 0.1) is 12.7 Å². The van der Waals surface area contributed by atoms with Crippen molar-refractivity contribution >= 4 is 33.5 Å². The van der Waals surface area contributed by atoms with Crippen molar-refractivity contribution in [1.29, 1.82) is 0 Å². The first-order valence-corrected chi connectivity index (χ1v) is 9.56. The Morgan fingerprint density at radius 1 is 1.17 bits per heavy atom. The van der Waals surface area contributed by atoms with Crippen LogP contribution in [0, 0.1) is 0 Å².